The number of carboxylic acids is 1. The van der Waals surface area contributed by atoms with Gasteiger partial charge in [0.15, 0.2) is 0 Å². The minimum atomic E-state index is -0.989. The number of carbonyl (C=O) groups excluding carboxylic acids is 1. The van der Waals surface area contributed by atoms with Crippen molar-refractivity contribution in [2.45, 2.75) is 25.3 Å². The van der Waals surface area contributed by atoms with E-state index >= 15 is 0 Å². The van der Waals surface area contributed by atoms with E-state index in [0.717, 1.165) is 0 Å². The van der Waals surface area contributed by atoms with Gasteiger partial charge >= 0.3 is 12.0 Å². The van der Waals surface area contributed by atoms with Crippen LogP contribution in [0.3, 0.4) is 0 Å². The number of carboxylic acid groups (broad SMARTS) is 1. The fraction of sp³-hybridized carbons (Fsp3) is 0.600. The van der Waals surface area contributed by atoms with E-state index in [1.807, 2.05) is 0 Å². The lowest BCUT2D eigenvalue weighted by Gasteiger charge is -2.07. The van der Waals surface area contributed by atoms with E-state index < -0.39 is 12.0 Å². The van der Waals surface area contributed by atoms with Gasteiger partial charge in [-0.1, -0.05) is 6.08 Å². The maximum absolute atomic E-state index is 11.0. The Morgan fingerprint density at radius 1 is 1.38 bits per heavy atom. The number of rotatable bonds is 8. The molecule has 0 fully saturated rings. The molecule has 0 radical (unpaired) electrons. The van der Waals surface area contributed by atoms with Crippen molar-refractivity contribution in [1.29, 1.82) is 0 Å². The number of unbranched alkanes of at least 4 members (excludes halogenated alkanes) is 1. The molecule has 5 N–H and O–H groups in total. The summed E-state index contributed by atoms with van der Waals surface area (Å²) in [7, 11) is 0. The van der Waals surface area contributed by atoms with Gasteiger partial charge in [-0.15, -0.1) is 6.58 Å². The van der Waals surface area contributed by atoms with Crippen LogP contribution in [0.4, 0.5) is 4.79 Å². The zero-order valence-electron chi connectivity index (χ0n) is 9.24. The molecule has 16 heavy (non-hydrogen) atoms. The minimum absolute atomic E-state index is 0.248. The summed E-state index contributed by atoms with van der Waals surface area (Å²) < 4.78 is 0. The second-order valence-electron chi connectivity index (χ2n) is 3.37. The Morgan fingerprint density at radius 2 is 2.06 bits per heavy atom. The number of hydrogen-bond donors (Lipinski definition) is 4. The number of amides is 2. The summed E-state index contributed by atoms with van der Waals surface area (Å²) in [6.45, 7) is 4.40. The van der Waals surface area contributed by atoms with Gasteiger partial charge in [0.25, 0.3) is 0 Å². The van der Waals surface area contributed by atoms with Gasteiger partial charge in [-0.25, -0.2) is 4.79 Å². The molecule has 0 bridgehead atoms. The summed E-state index contributed by atoms with van der Waals surface area (Å²) in [5.74, 6) is -0.989. The zero-order valence-corrected chi connectivity index (χ0v) is 9.24. The lowest BCUT2D eigenvalue weighted by atomic mass is 10.1. The van der Waals surface area contributed by atoms with Gasteiger partial charge in [0.2, 0.25) is 0 Å². The minimum Gasteiger partial charge on any atom is -0.480 e. The van der Waals surface area contributed by atoms with Crippen LogP contribution in [0.1, 0.15) is 19.3 Å². The molecule has 0 aromatic carbocycles. The van der Waals surface area contributed by atoms with Crippen molar-refractivity contribution in [3.63, 3.8) is 0 Å². The van der Waals surface area contributed by atoms with Crippen molar-refractivity contribution in [1.82, 2.24) is 10.6 Å². The third kappa shape index (κ3) is 7.81. The van der Waals surface area contributed by atoms with Gasteiger partial charge in [-0.3, -0.25) is 4.79 Å². The Balaban J connectivity index is 3.36. The van der Waals surface area contributed by atoms with E-state index in [2.05, 4.69) is 17.2 Å². The highest BCUT2D eigenvalue weighted by atomic mass is 16.4. The molecule has 0 rings (SSSR count). The van der Waals surface area contributed by atoms with E-state index in [1.165, 1.54) is 0 Å². The van der Waals surface area contributed by atoms with Crippen molar-refractivity contribution >= 4 is 12.0 Å². The molecule has 0 unspecified atom stereocenters. The number of nitrogens with one attached hydrogen (secondary N) is 2. The monoisotopic (exact) mass is 229 g/mol. The Bertz CT molecular complexity index is 243. The molecule has 0 heterocycles. The van der Waals surface area contributed by atoms with Crippen molar-refractivity contribution in [2.24, 2.45) is 5.73 Å². The summed E-state index contributed by atoms with van der Waals surface area (Å²) in [6, 6.07) is -1.06. The van der Waals surface area contributed by atoms with E-state index in [9.17, 15) is 9.59 Å². The first kappa shape index (κ1) is 14.4. The van der Waals surface area contributed by atoms with Crippen LogP contribution in [-0.4, -0.2) is 36.2 Å². The molecule has 0 saturated heterocycles. The summed E-state index contributed by atoms with van der Waals surface area (Å²) >= 11 is 0. The largest absolute Gasteiger partial charge is 0.480 e. The van der Waals surface area contributed by atoms with Crippen molar-refractivity contribution < 1.29 is 14.7 Å². The Kier molecular flexibility index (Phi) is 7.87. The summed E-state index contributed by atoms with van der Waals surface area (Å²) in [6.07, 6.45) is 3.40. The van der Waals surface area contributed by atoms with E-state index in [1.54, 1.807) is 6.08 Å². The van der Waals surface area contributed by atoms with Gasteiger partial charge in [0.05, 0.1) is 0 Å². The maximum atomic E-state index is 11.0. The highest BCUT2D eigenvalue weighted by Crippen LogP contribution is 1.97. The van der Waals surface area contributed by atoms with E-state index in [4.69, 9.17) is 10.8 Å². The third-order valence-corrected chi connectivity index (χ3v) is 1.95. The molecule has 1 atom stereocenters. The Labute approximate surface area is 94.9 Å². The Hall–Kier alpha value is -1.56. The predicted molar refractivity (Wildman–Crippen MR) is 61.1 cm³/mol. The third-order valence-electron chi connectivity index (χ3n) is 1.95. The highest BCUT2D eigenvalue weighted by Gasteiger charge is 2.09. The van der Waals surface area contributed by atoms with Crippen molar-refractivity contribution in [3.8, 4) is 0 Å². The lowest BCUT2D eigenvalue weighted by Crippen LogP contribution is -2.36. The number of hydrogen-bond acceptors (Lipinski definition) is 3. The molecule has 92 valence electrons. The zero-order chi connectivity index (χ0) is 12.4. The van der Waals surface area contributed by atoms with E-state index in [0.29, 0.717) is 32.4 Å². The maximum Gasteiger partial charge on any atom is 0.320 e. The van der Waals surface area contributed by atoms with Crippen molar-refractivity contribution in [2.75, 3.05) is 13.1 Å². The normalized spacial score (nSPS) is 11.6. The van der Waals surface area contributed by atoms with Crippen LogP contribution in [0, 0.1) is 0 Å². The fourth-order valence-electron chi connectivity index (χ4n) is 1.04. The van der Waals surface area contributed by atoms with Gasteiger partial charge in [0.1, 0.15) is 6.04 Å². The first-order chi connectivity index (χ1) is 7.57. The first-order valence-electron chi connectivity index (χ1n) is 5.19. The predicted octanol–water partition coefficient (Wildman–Crippen LogP) is 0.0538. The molecule has 0 aliphatic heterocycles. The topological polar surface area (TPSA) is 104 Å². The SMILES string of the molecule is C=CCNC(=O)NCCCC[C@H](N)C(=O)O. The van der Waals surface area contributed by atoms with Crippen molar-refractivity contribution in [3.05, 3.63) is 12.7 Å². The average Bonchev–Trinajstić information content (AvgIpc) is 2.25. The molecular weight excluding hydrogens is 210 g/mol. The van der Waals surface area contributed by atoms with Gasteiger partial charge in [0, 0.05) is 13.1 Å². The Morgan fingerprint density at radius 3 is 2.62 bits per heavy atom. The van der Waals surface area contributed by atoms with Crippen LogP contribution < -0.4 is 16.4 Å². The van der Waals surface area contributed by atoms with Crippen LogP contribution in [-0.2, 0) is 4.79 Å². The van der Waals surface area contributed by atoms with Crippen LogP contribution in [0.5, 0.6) is 0 Å². The second kappa shape index (κ2) is 8.72. The van der Waals surface area contributed by atoms with Crippen LogP contribution in [0.2, 0.25) is 0 Å². The molecule has 0 spiro atoms. The number of carbonyl (C=O) groups is 2. The molecule has 6 heteroatoms. The fourth-order valence-corrected chi connectivity index (χ4v) is 1.04. The number of aliphatic carboxylic acids is 1. The summed E-state index contributed by atoms with van der Waals surface area (Å²) in [4.78, 5) is 21.4. The average molecular weight is 229 g/mol. The van der Waals surface area contributed by atoms with Crippen LogP contribution >= 0.6 is 0 Å². The molecule has 2 amide bonds. The highest BCUT2D eigenvalue weighted by molar-refractivity contribution is 5.74. The summed E-state index contributed by atoms with van der Waals surface area (Å²) in [5, 5.41) is 13.7. The molecular formula is C10H19N3O3. The van der Waals surface area contributed by atoms with Crippen LogP contribution in [0.15, 0.2) is 12.7 Å². The molecule has 6 nitrogen and oxygen atoms in total. The second-order valence-corrected chi connectivity index (χ2v) is 3.37. The van der Waals surface area contributed by atoms with Crippen LogP contribution in [0.25, 0.3) is 0 Å². The standard InChI is InChI=1S/C10H19N3O3/c1-2-6-12-10(16)13-7-4-3-5-8(11)9(14)15/h2,8H,1,3-7,11H2,(H,14,15)(H2,12,13,16)/t8-/m0/s1. The lowest BCUT2D eigenvalue weighted by molar-refractivity contribution is -0.138. The molecule has 0 saturated carbocycles. The molecule has 0 aliphatic rings. The smallest absolute Gasteiger partial charge is 0.320 e. The van der Waals surface area contributed by atoms with Gasteiger partial charge in [-0.2, -0.15) is 0 Å². The van der Waals surface area contributed by atoms with E-state index in [-0.39, 0.29) is 6.03 Å². The van der Waals surface area contributed by atoms with Gasteiger partial charge in [-0.05, 0) is 19.3 Å². The number of urea groups is 1. The summed E-state index contributed by atoms with van der Waals surface area (Å²) in [5.41, 5.74) is 5.31. The molecule has 0 aromatic heterocycles. The number of nitrogens with two attached hydrogens (primary N) is 1. The quantitative estimate of drug-likeness (QED) is 0.349. The molecule has 0 aliphatic carbocycles. The molecule has 0 aromatic rings. The van der Waals surface area contributed by atoms with Gasteiger partial charge < -0.3 is 21.5 Å². The first-order valence-corrected chi connectivity index (χ1v) is 5.19.